The Hall–Kier alpha value is -3.47. The maximum absolute atomic E-state index is 13.3. The Morgan fingerprint density at radius 2 is 2.11 bits per heavy atom. The summed E-state index contributed by atoms with van der Waals surface area (Å²) in [5.74, 6) is -3.21. The molecule has 144 valence electrons. The molecule has 8 nitrogen and oxygen atoms in total. The number of nitrogens with zero attached hydrogens (tertiary/aromatic N) is 3. The van der Waals surface area contributed by atoms with Crippen LogP contribution in [0.5, 0.6) is 5.75 Å². The number of halogens is 2. The lowest BCUT2D eigenvalue weighted by molar-refractivity contribution is -0.390. The van der Waals surface area contributed by atoms with Crippen molar-refractivity contribution >= 4 is 28.2 Å². The van der Waals surface area contributed by atoms with Gasteiger partial charge in [-0.1, -0.05) is 0 Å². The van der Waals surface area contributed by atoms with E-state index in [-0.39, 0.29) is 10.9 Å². The maximum Gasteiger partial charge on any atom is 0.406 e. The fraction of sp³-hybridized carbons (Fsp3) is 0.118. The van der Waals surface area contributed by atoms with Crippen LogP contribution in [0.1, 0.15) is 6.92 Å². The van der Waals surface area contributed by atoms with E-state index in [9.17, 15) is 23.7 Å². The first-order chi connectivity index (χ1) is 13.3. The number of nitrogens with one attached hydrogen (secondary N) is 1. The number of carbonyl (C=O) groups excluding carboxylic acids is 1. The van der Waals surface area contributed by atoms with Crippen LogP contribution in [0.25, 0.3) is 11.3 Å². The predicted octanol–water partition coefficient (Wildman–Crippen LogP) is 3.80. The van der Waals surface area contributed by atoms with Crippen LogP contribution in [0, 0.1) is 21.7 Å². The van der Waals surface area contributed by atoms with Crippen molar-refractivity contribution in [2.45, 2.75) is 13.0 Å². The lowest BCUT2D eigenvalue weighted by atomic mass is 10.2. The summed E-state index contributed by atoms with van der Waals surface area (Å²) in [5.41, 5.74) is 0.710. The zero-order chi connectivity index (χ0) is 20.3. The van der Waals surface area contributed by atoms with Gasteiger partial charge < -0.3 is 14.9 Å². The molecule has 2 aromatic heterocycles. The fourth-order valence-electron chi connectivity index (χ4n) is 2.18. The van der Waals surface area contributed by atoms with E-state index < -0.39 is 34.4 Å². The number of benzene rings is 1. The third kappa shape index (κ3) is 4.26. The fourth-order valence-corrected chi connectivity index (χ4v) is 2.90. The molecular weight excluding hydrogens is 394 g/mol. The molecule has 0 aliphatic rings. The van der Waals surface area contributed by atoms with Crippen molar-refractivity contribution in [3.05, 3.63) is 63.7 Å². The van der Waals surface area contributed by atoms with Gasteiger partial charge in [-0.3, -0.25) is 10.1 Å². The van der Waals surface area contributed by atoms with Gasteiger partial charge in [0.15, 0.2) is 22.9 Å². The Labute approximate surface area is 161 Å². The Balaban J connectivity index is 1.69. The number of rotatable bonds is 6. The second kappa shape index (κ2) is 8.05. The SMILES string of the molecule is C[C@@H](Oc1cccnc1[N+](=O)[O-])C(=O)Nc1nc(-c2ccc(F)c(F)c2)cs1. The van der Waals surface area contributed by atoms with Gasteiger partial charge in [-0.05, 0) is 47.2 Å². The van der Waals surface area contributed by atoms with Crippen LogP contribution in [0.2, 0.25) is 0 Å². The third-order valence-electron chi connectivity index (χ3n) is 3.55. The summed E-state index contributed by atoms with van der Waals surface area (Å²) in [7, 11) is 0. The molecular formula is C17H12F2N4O4S. The van der Waals surface area contributed by atoms with Crippen molar-refractivity contribution in [1.82, 2.24) is 9.97 Å². The van der Waals surface area contributed by atoms with Gasteiger partial charge in [0, 0.05) is 10.9 Å². The standard InChI is InChI=1S/C17H12F2N4O4S/c1-9(27-14-3-2-6-20-15(14)23(25)26)16(24)22-17-21-13(8-28-17)10-4-5-11(18)12(19)7-10/h2-9H,1H3,(H,21,22,24)/t9-/m1/s1. The van der Waals surface area contributed by atoms with E-state index in [0.717, 1.165) is 23.5 Å². The minimum atomic E-state index is -1.07. The highest BCUT2D eigenvalue weighted by Gasteiger charge is 2.22. The van der Waals surface area contributed by atoms with Crippen LogP contribution < -0.4 is 10.1 Å². The molecule has 0 fully saturated rings. The van der Waals surface area contributed by atoms with Gasteiger partial charge in [0.1, 0.15) is 6.20 Å². The molecule has 0 spiro atoms. The van der Waals surface area contributed by atoms with Crippen molar-refractivity contribution in [3.8, 4) is 17.0 Å². The van der Waals surface area contributed by atoms with Crippen LogP contribution in [0.3, 0.4) is 0 Å². The summed E-state index contributed by atoms with van der Waals surface area (Å²) in [6.07, 6.45) is 0.170. The number of thiazole rings is 1. The number of pyridine rings is 1. The molecule has 11 heteroatoms. The Kier molecular flexibility index (Phi) is 5.54. The molecule has 0 aliphatic heterocycles. The first kappa shape index (κ1) is 19.3. The summed E-state index contributed by atoms with van der Waals surface area (Å²) in [5, 5.41) is 15.2. The van der Waals surface area contributed by atoms with E-state index in [0.29, 0.717) is 11.3 Å². The Morgan fingerprint density at radius 1 is 1.32 bits per heavy atom. The summed E-state index contributed by atoms with van der Waals surface area (Å²) in [6.45, 7) is 1.41. The lowest BCUT2D eigenvalue weighted by Gasteiger charge is -2.13. The van der Waals surface area contributed by atoms with Crippen LogP contribution in [-0.2, 0) is 4.79 Å². The summed E-state index contributed by atoms with van der Waals surface area (Å²) < 4.78 is 31.7. The molecule has 3 rings (SSSR count). The van der Waals surface area contributed by atoms with E-state index in [4.69, 9.17) is 4.74 Å². The molecule has 1 atom stereocenters. The van der Waals surface area contributed by atoms with Gasteiger partial charge in [-0.25, -0.2) is 13.8 Å². The molecule has 0 radical (unpaired) electrons. The van der Waals surface area contributed by atoms with Crippen LogP contribution in [0.4, 0.5) is 19.7 Å². The van der Waals surface area contributed by atoms with Gasteiger partial charge in [-0.15, -0.1) is 11.3 Å². The third-order valence-corrected chi connectivity index (χ3v) is 4.30. The Morgan fingerprint density at radius 3 is 2.82 bits per heavy atom. The number of hydrogen-bond donors (Lipinski definition) is 1. The average molecular weight is 406 g/mol. The minimum absolute atomic E-state index is 0.142. The summed E-state index contributed by atoms with van der Waals surface area (Å²) in [4.78, 5) is 30.3. The number of nitro groups is 1. The van der Waals surface area contributed by atoms with Gasteiger partial charge >= 0.3 is 5.82 Å². The number of hydrogen-bond acceptors (Lipinski definition) is 7. The van der Waals surface area contributed by atoms with Gasteiger partial charge in [0.05, 0.1) is 5.69 Å². The number of aromatic nitrogens is 2. The lowest BCUT2D eigenvalue weighted by Crippen LogP contribution is -2.30. The van der Waals surface area contributed by atoms with E-state index in [1.165, 1.54) is 31.3 Å². The highest BCUT2D eigenvalue weighted by Crippen LogP contribution is 2.27. The molecule has 1 N–H and O–H groups in total. The molecule has 0 aliphatic carbocycles. The highest BCUT2D eigenvalue weighted by molar-refractivity contribution is 7.14. The zero-order valence-corrected chi connectivity index (χ0v) is 15.1. The topological polar surface area (TPSA) is 107 Å². The number of carbonyl (C=O) groups is 1. The Bertz CT molecular complexity index is 1040. The van der Waals surface area contributed by atoms with Crippen molar-refractivity contribution in [2.24, 2.45) is 0 Å². The zero-order valence-electron chi connectivity index (χ0n) is 14.3. The van der Waals surface area contributed by atoms with E-state index in [1.807, 2.05) is 0 Å². The van der Waals surface area contributed by atoms with E-state index in [1.54, 1.807) is 5.38 Å². The van der Waals surface area contributed by atoms with E-state index in [2.05, 4.69) is 15.3 Å². The van der Waals surface area contributed by atoms with Gasteiger partial charge in [0.25, 0.3) is 5.91 Å². The van der Waals surface area contributed by atoms with Crippen molar-refractivity contribution < 1.29 is 23.2 Å². The molecule has 3 aromatic rings. The number of amides is 1. The molecule has 28 heavy (non-hydrogen) atoms. The monoisotopic (exact) mass is 406 g/mol. The smallest absolute Gasteiger partial charge is 0.406 e. The molecule has 0 saturated carbocycles. The molecule has 0 saturated heterocycles. The average Bonchev–Trinajstić information content (AvgIpc) is 3.12. The second-order valence-electron chi connectivity index (χ2n) is 5.50. The van der Waals surface area contributed by atoms with Crippen LogP contribution in [-0.4, -0.2) is 26.9 Å². The molecule has 2 heterocycles. The van der Waals surface area contributed by atoms with Crippen LogP contribution in [0.15, 0.2) is 41.9 Å². The predicted molar refractivity (Wildman–Crippen MR) is 97.1 cm³/mol. The minimum Gasteiger partial charge on any atom is -0.473 e. The summed E-state index contributed by atoms with van der Waals surface area (Å²) >= 11 is 1.08. The molecule has 0 bridgehead atoms. The van der Waals surface area contributed by atoms with Gasteiger partial charge in [-0.2, -0.15) is 0 Å². The van der Waals surface area contributed by atoms with Crippen molar-refractivity contribution in [2.75, 3.05) is 5.32 Å². The molecule has 0 unspecified atom stereocenters. The quantitative estimate of drug-likeness (QED) is 0.493. The molecule has 1 aromatic carbocycles. The first-order valence-corrected chi connectivity index (χ1v) is 8.71. The number of ether oxygens (including phenoxy) is 1. The first-order valence-electron chi connectivity index (χ1n) is 7.83. The van der Waals surface area contributed by atoms with Crippen LogP contribution >= 0.6 is 11.3 Å². The maximum atomic E-state index is 13.3. The largest absolute Gasteiger partial charge is 0.473 e. The van der Waals surface area contributed by atoms with E-state index >= 15 is 0 Å². The van der Waals surface area contributed by atoms with Gasteiger partial charge in [0.2, 0.25) is 5.75 Å². The molecule has 1 amide bonds. The summed E-state index contributed by atoms with van der Waals surface area (Å²) in [6, 6.07) is 6.13. The van der Waals surface area contributed by atoms with Crippen molar-refractivity contribution in [1.29, 1.82) is 0 Å². The number of anilines is 1. The highest BCUT2D eigenvalue weighted by atomic mass is 32.1. The van der Waals surface area contributed by atoms with Crippen molar-refractivity contribution in [3.63, 3.8) is 0 Å². The second-order valence-corrected chi connectivity index (χ2v) is 6.36. The normalized spacial score (nSPS) is 11.7.